The quantitative estimate of drug-likeness (QED) is 0.450. The third-order valence-corrected chi connectivity index (χ3v) is 7.35. The molecule has 1 fully saturated rings. The molecule has 0 aliphatic carbocycles. The highest BCUT2D eigenvalue weighted by Crippen LogP contribution is 2.45. The molecule has 160 valence electrons. The highest BCUT2D eigenvalue weighted by atomic mass is 35.5. The molecule has 1 saturated heterocycles. The van der Waals surface area contributed by atoms with E-state index < -0.39 is 0 Å². The van der Waals surface area contributed by atoms with Crippen LogP contribution in [0.3, 0.4) is 0 Å². The molecule has 0 atom stereocenters. The molecular formula is C23H22ClN3O2S2. The summed E-state index contributed by atoms with van der Waals surface area (Å²) in [7, 11) is 0. The molecule has 0 unspecified atom stereocenters. The predicted molar refractivity (Wildman–Crippen MR) is 132 cm³/mol. The molecule has 2 amide bonds. The normalized spacial score (nSPS) is 18.5. The van der Waals surface area contributed by atoms with E-state index in [1.165, 1.54) is 16.7 Å². The number of anilines is 2. The van der Waals surface area contributed by atoms with Crippen LogP contribution in [0.25, 0.3) is 5.57 Å². The van der Waals surface area contributed by atoms with E-state index in [1.54, 1.807) is 11.0 Å². The Kier molecular flexibility index (Phi) is 6.21. The average molecular weight is 472 g/mol. The third kappa shape index (κ3) is 3.80. The molecular weight excluding hydrogens is 450 g/mol. The first kappa shape index (κ1) is 22.0. The Morgan fingerprint density at radius 2 is 1.77 bits per heavy atom. The van der Waals surface area contributed by atoms with Crippen molar-refractivity contribution in [2.75, 3.05) is 29.6 Å². The van der Waals surface area contributed by atoms with Crippen molar-refractivity contribution >= 4 is 68.7 Å². The number of nitrogens with zero attached hydrogens (tertiary/aromatic N) is 3. The number of benzene rings is 2. The molecule has 2 aliphatic heterocycles. The van der Waals surface area contributed by atoms with Crippen LogP contribution in [0.1, 0.15) is 25.0 Å². The highest BCUT2D eigenvalue weighted by molar-refractivity contribution is 8.27. The van der Waals surface area contributed by atoms with E-state index in [2.05, 4.69) is 18.7 Å². The number of rotatable bonds is 5. The van der Waals surface area contributed by atoms with Gasteiger partial charge >= 0.3 is 0 Å². The van der Waals surface area contributed by atoms with E-state index in [-0.39, 0.29) is 11.8 Å². The number of carbonyl (C=O) groups excluding carboxylic acids is 2. The topological polar surface area (TPSA) is 43.9 Å². The van der Waals surface area contributed by atoms with Crippen molar-refractivity contribution in [2.24, 2.45) is 0 Å². The van der Waals surface area contributed by atoms with Gasteiger partial charge in [0.2, 0.25) is 0 Å². The van der Waals surface area contributed by atoms with Gasteiger partial charge < -0.3 is 0 Å². The number of halogens is 1. The number of carbonyl (C=O) groups is 2. The van der Waals surface area contributed by atoms with Crippen LogP contribution in [0, 0.1) is 6.92 Å². The Balaban J connectivity index is 1.78. The van der Waals surface area contributed by atoms with Gasteiger partial charge in [-0.1, -0.05) is 73.7 Å². The van der Waals surface area contributed by atoms with Crippen LogP contribution < -0.4 is 9.80 Å². The van der Waals surface area contributed by atoms with Crippen LogP contribution in [0.2, 0.25) is 5.02 Å². The van der Waals surface area contributed by atoms with E-state index in [9.17, 15) is 9.59 Å². The summed E-state index contributed by atoms with van der Waals surface area (Å²) in [6.45, 7) is 8.16. The molecule has 0 radical (unpaired) electrons. The minimum Gasteiger partial charge on any atom is -0.294 e. The lowest BCUT2D eigenvalue weighted by Gasteiger charge is -2.25. The van der Waals surface area contributed by atoms with Crippen molar-refractivity contribution in [2.45, 2.75) is 20.8 Å². The molecule has 0 saturated carbocycles. The molecule has 0 bridgehead atoms. The molecule has 5 nitrogen and oxygen atoms in total. The van der Waals surface area contributed by atoms with Crippen LogP contribution in [0.4, 0.5) is 11.4 Å². The van der Waals surface area contributed by atoms with Crippen LogP contribution >= 0.6 is 35.6 Å². The number of hydrogen-bond acceptors (Lipinski definition) is 5. The van der Waals surface area contributed by atoms with Crippen molar-refractivity contribution in [1.82, 2.24) is 4.90 Å². The molecule has 0 spiro atoms. The van der Waals surface area contributed by atoms with Gasteiger partial charge in [0, 0.05) is 10.6 Å². The largest absolute Gasteiger partial charge is 0.294 e. The monoisotopic (exact) mass is 471 g/mol. The summed E-state index contributed by atoms with van der Waals surface area (Å²) in [5.74, 6) is -0.465. The molecule has 2 heterocycles. The standard InChI is InChI=1S/C23H22ClN3O2S2/c1-4-25(5-2)13-26-18-9-7-6-8-16(18)19(21(26)28)20-22(29)27(23(30)31-20)15-11-10-14(3)17(24)12-15/h6-12H,4-5,13H2,1-3H3. The van der Waals surface area contributed by atoms with Crippen molar-refractivity contribution in [3.63, 3.8) is 0 Å². The lowest BCUT2D eigenvalue weighted by atomic mass is 10.1. The summed E-state index contributed by atoms with van der Waals surface area (Å²) in [5, 5.41) is 0.562. The van der Waals surface area contributed by atoms with Gasteiger partial charge in [-0.15, -0.1) is 0 Å². The number of amides is 2. The first-order chi connectivity index (χ1) is 14.9. The van der Waals surface area contributed by atoms with E-state index in [4.69, 9.17) is 23.8 Å². The van der Waals surface area contributed by atoms with Crippen molar-refractivity contribution in [3.8, 4) is 0 Å². The van der Waals surface area contributed by atoms with Gasteiger partial charge in [-0.05, 0) is 43.8 Å². The van der Waals surface area contributed by atoms with Gasteiger partial charge in [0.25, 0.3) is 11.8 Å². The second-order valence-electron chi connectivity index (χ2n) is 7.34. The highest BCUT2D eigenvalue weighted by Gasteiger charge is 2.42. The second kappa shape index (κ2) is 8.74. The average Bonchev–Trinajstić information content (AvgIpc) is 3.20. The molecule has 2 aromatic carbocycles. The zero-order valence-corrected chi connectivity index (χ0v) is 19.9. The molecule has 0 aromatic heterocycles. The Morgan fingerprint density at radius 1 is 1.06 bits per heavy atom. The summed E-state index contributed by atoms with van der Waals surface area (Å²) >= 11 is 13.0. The van der Waals surface area contributed by atoms with Crippen LogP contribution in [0.15, 0.2) is 47.4 Å². The maximum atomic E-state index is 13.5. The van der Waals surface area contributed by atoms with Crippen LogP contribution in [-0.2, 0) is 9.59 Å². The van der Waals surface area contributed by atoms with Gasteiger partial charge in [-0.3, -0.25) is 24.3 Å². The summed E-state index contributed by atoms with van der Waals surface area (Å²) in [5.41, 5.74) is 3.52. The van der Waals surface area contributed by atoms with Gasteiger partial charge in [-0.2, -0.15) is 0 Å². The van der Waals surface area contributed by atoms with E-state index in [0.29, 0.717) is 32.2 Å². The Labute approximate surface area is 196 Å². The molecule has 2 aromatic rings. The van der Waals surface area contributed by atoms with E-state index in [1.807, 2.05) is 43.3 Å². The zero-order chi connectivity index (χ0) is 22.3. The zero-order valence-electron chi connectivity index (χ0n) is 17.5. The number of para-hydroxylation sites is 1. The minimum atomic E-state index is -0.294. The van der Waals surface area contributed by atoms with Gasteiger partial charge in [0.15, 0.2) is 4.32 Å². The van der Waals surface area contributed by atoms with Crippen molar-refractivity contribution in [1.29, 1.82) is 0 Å². The lowest BCUT2D eigenvalue weighted by molar-refractivity contribution is -0.115. The maximum absolute atomic E-state index is 13.5. The summed E-state index contributed by atoms with van der Waals surface area (Å²) < 4.78 is 0.389. The Morgan fingerprint density at radius 3 is 2.45 bits per heavy atom. The molecule has 2 aliphatic rings. The fourth-order valence-corrected chi connectivity index (χ4v) is 5.27. The number of fused-ring (bicyclic) bond motifs is 1. The number of thioether (sulfide) groups is 1. The van der Waals surface area contributed by atoms with Gasteiger partial charge in [0.1, 0.15) is 0 Å². The maximum Gasteiger partial charge on any atom is 0.271 e. The van der Waals surface area contributed by atoms with E-state index in [0.717, 1.165) is 29.9 Å². The molecule has 8 heteroatoms. The number of hydrogen-bond donors (Lipinski definition) is 0. The minimum absolute atomic E-state index is 0.171. The number of aryl methyl sites for hydroxylation is 1. The first-order valence-electron chi connectivity index (χ1n) is 10.1. The van der Waals surface area contributed by atoms with E-state index >= 15 is 0 Å². The Hall–Kier alpha value is -2.19. The molecule has 0 N–H and O–H groups in total. The van der Waals surface area contributed by atoms with Gasteiger partial charge in [0.05, 0.1) is 28.5 Å². The fraction of sp³-hybridized carbons (Fsp3) is 0.261. The molecule has 4 rings (SSSR count). The van der Waals surface area contributed by atoms with Crippen molar-refractivity contribution < 1.29 is 9.59 Å². The number of thiocarbonyl (C=S) groups is 1. The smallest absolute Gasteiger partial charge is 0.271 e. The molecule has 31 heavy (non-hydrogen) atoms. The summed E-state index contributed by atoms with van der Waals surface area (Å²) in [4.78, 5) is 32.7. The summed E-state index contributed by atoms with van der Waals surface area (Å²) in [6, 6.07) is 13.0. The fourth-order valence-electron chi connectivity index (χ4n) is 3.73. The lowest BCUT2D eigenvalue weighted by Crippen LogP contribution is -2.39. The second-order valence-corrected chi connectivity index (χ2v) is 9.39. The van der Waals surface area contributed by atoms with Crippen LogP contribution in [-0.4, -0.2) is 40.8 Å². The Bertz CT molecular complexity index is 1130. The summed E-state index contributed by atoms with van der Waals surface area (Å²) in [6.07, 6.45) is 0. The van der Waals surface area contributed by atoms with Gasteiger partial charge in [-0.25, -0.2) is 0 Å². The van der Waals surface area contributed by atoms with Crippen LogP contribution in [0.5, 0.6) is 0 Å². The SMILES string of the molecule is CCN(CC)CN1C(=O)C(=C2SC(=S)N(c3ccc(C)c(Cl)c3)C2=O)c2ccccc21. The van der Waals surface area contributed by atoms with Crippen molar-refractivity contribution in [3.05, 3.63) is 63.5 Å². The first-order valence-corrected chi connectivity index (χ1v) is 11.7. The third-order valence-electron chi connectivity index (χ3n) is 5.57. The predicted octanol–water partition coefficient (Wildman–Crippen LogP) is 5.07.